The fraction of sp³-hybridized carbons (Fsp3) is 0.692. The van der Waals surface area contributed by atoms with E-state index in [4.69, 9.17) is 4.74 Å². The van der Waals surface area contributed by atoms with Crippen molar-refractivity contribution in [2.45, 2.75) is 49.7 Å². The quantitative estimate of drug-likeness (QED) is 0.727. The maximum absolute atomic E-state index is 12.2. The monoisotopic (exact) mass is 318 g/mol. The molecule has 1 unspecified atom stereocenters. The number of thiophene rings is 1. The number of methoxy groups -OCH3 is 1. The lowest BCUT2D eigenvalue weighted by Gasteiger charge is -2.12. The average molecular weight is 318 g/mol. The van der Waals surface area contributed by atoms with E-state index in [9.17, 15) is 8.42 Å². The van der Waals surface area contributed by atoms with E-state index in [2.05, 4.69) is 10.0 Å². The Bertz CT molecular complexity index is 523. The Kier molecular flexibility index (Phi) is 5.57. The Morgan fingerprint density at radius 2 is 2.25 bits per heavy atom. The summed E-state index contributed by atoms with van der Waals surface area (Å²) >= 11 is 1.48. The fourth-order valence-corrected chi connectivity index (χ4v) is 4.32. The predicted octanol–water partition coefficient (Wildman–Crippen LogP) is 1.70. The van der Waals surface area contributed by atoms with Crippen molar-refractivity contribution in [1.82, 2.24) is 10.0 Å². The third kappa shape index (κ3) is 4.82. The standard InChI is InChI=1S/C13H22N2O3S2/c1-10(5-6-18-2)15-20(16,17)13-7-12(19-9-13)8-14-11-3-4-11/h7,9-11,14-15H,3-6,8H2,1-2H3. The molecule has 1 aromatic rings. The van der Waals surface area contributed by atoms with Crippen LogP contribution in [0.3, 0.4) is 0 Å². The molecule has 0 aromatic carbocycles. The largest absolute Gasteiger partial charge is 0.385 e. The highest BCUT2D eigenvalue weighted by molar-refractivity contribution is 7.89. The van der Waals surface area contributed by atoms with Crippen LogP contribution < -0.4 is 10.0 Å². The molecule has 7 heteroatoms. The van der Waals surface area contributed by atoms with E-state index in [1.54, 1.807) is 18.6 Å². The number of ether oxygens (including phenoxy) is 1. The zero-order chi connectivity index (χ0) is 14.6. The molecule has 1 aliphatic carbocycles. The number of sulfonamides is 1. The van der Waals surface area contributed by atoms with Crippen LogP contribution in [0.5, 0.6) is 0 Å². The van der Waals surface area contributed by atoms with Gasteiger partial charge in [0.1, 0.15) is 0 Å². The number of nitrogens with one attached hydrogen (secondary N) is 2. The molecule has 0 radical (unpaired) electrons. The van der Waals surface area contributed by atoms with Gasteiger partial charge in [-0.05, 0) is 32.3 Å². The average Bonchev–Trinajstić information content (AvgIpc) is 3.09. The summed E-state index contributed by atoms with van der Waals surface area (Å²) in [5, 5.41) is 5.09. The SMILES string of the molecule is COCCC(C)NS(=O)(=O)c1csc(CNC2CC2)c1. The van der Waals surface area contributed by atoms with Crippen molar-refractivity contribution in [1.29, 1.82) is 0 Å². The summed E-state index contributed by atoms with van der Waals surface area (Å²) in [6.45, 7) is 3.15. The van der Waals surface area contributed by atoms with Crippen LogP contribution in [0.2, 0.25) is 0 Å². The van der Waals surface area contributed by atoms with Crippen molar-refractivity contribution in [3.63, 3.8) is 0 Å². The van der Waals surface area contributed by atoms with Gasteiger partial charge in [-0.15, -0.1) is 11.3 Å². The van der Waals surface area contributed by atoms with Gasteiger partial charge in [0.15, 0.2) is 0 Å². The molecule has 1 atom stereocenters. The maximum atomic E-state index is 12.2. The van der Waals surface area contributed by atoms with E-state index in [1.165, 1.54) is 24.2 Å². The van der Waals surface area contributed by atoms with Crippen molar-refractivity contribution < 1.29 is 13.2 Å². The molecule has 2 N–H and O–H groups in total. The van der Waals surface area contributed by atoms with Gasteiger partial charge in [0.2, 0.25) is 10.0 Å². The third-order valence-electron chi connectivity index (χ3n) is 3.19. The van der Waals surface area contributed by atoms with Gasteiger partial charge in [0.05, 0.1) is 4.90 Å². The van der Waals surface area contributed by atoms with Crippen LogP contribution in [0.15, 0.2) is 16.3 Å². The lowest BCUT2D eigenvalue weighted by molar-refractivity contribution is 0.188. The first-order valence-corrected chi connectivity index (χ1v) is 9.19. The third-order valence-corrected chi connectivity index (χ3v) is 5.85. The Balaban J connectivity index is 1.90. The zero-order valence-corrected chi connectivity index (χ0v) is 13.5. The topological polar surface area (TPSA) is 67.4 Å². The highest BCUT2D eigenvalue weighted by Gasteiger charge is 2.22. The summed E-state index contributed by atoms with van der Waals surface area (Å²) in [6.07, 6.45) is 3.13. The van der Waals surface area contributed by atoms with Gasteiger partial charge >= 0.3 is 0 Å². The van der Waals surface area contributed by atoms with Crippen LogP contribution in [0.1, 0.15) is 31.1 Å². The van der Waals surface area contributed by atoms with Gasteiger partial charge in [-0.25, -0.2) is 13.1 Å². The molecule has 1 fully saturated rings. The van der Waals surface area contributed by atoms with Crippen molar-refractivity contribution in [2.75, 3.05) is 13.7 Å². The summed E-state index contributed by atoms with van der Waals surface area (Å²) in [5.74, 6) is 0. The summed E-state index contributed by atoms with van der Waals surface area (Å²) < 4.78 is 32.0. The van der Waals surface area contributed by atoms with Gasteiger partial charge in [-0.1, -0.05) is 0 Å². The van der Waals surface area contributed by atoms with Gasteiger partial charge in [0, 0.05) is 42.6 Å². The van der Waals surface area contributed by atoms with Gasteiger partial charge < -0.3 is 10.1 Å². The van der Waals surface area contributed by atoms with Gasteiger partial charge in [-0.3, -0.25) is 0 Å². The number of hydrogen-bond acceptors (Lipinski definition) is 5. The van der Waals surface area contributed by atoms with Crippen molar-refractivity contribution in [3.05, 3.63) is 16.3 Å². The van der Waals surface area contributed by atoms with Crippen LogP contribution in [0.25, 0.3) is 0 Å². The van der Waals surface area contributed by atoms with Crippen molar-refractivity contribution >= 4 is 21.4 Å². The normalized spacial score (nSPS) is 17.3. The molecule has 5 nitrogen and oxygen atoms in total. The molecule has 1 saturated carbocycles. The Hall–Kier alpha value is -0.470. The molecule has 114 valence electrons. The number of rotatable bonds is 9. The van der Waals surface area contributed by atoms with E-state index in [0.717, 1.165) is 11.4 Å². The van der Waals surface area contributed by atoms with Crippen LogP contribution >= 0.6 is 11.3 Å². The lowest BCUT2D eigenvalue weighted by atomic mass is 10.3. The Morgan fingerprint density at radius 1 is 1.50 bits per heavy atom. The second-order valence-corrected chi connectivity index (χ2v) is 7.92. The molecular weight excluding hydrogens is 296 g/mol. The summed E-state index contributed by atoms with van der Waals surface area (Å²) in [5.41, 5.74) is 0. The first-order valence-electron chi connectivity index (χ1n) is 6.83. The van der Waals surface area contributed by atoms with Crippen LogP contribution in [0.4, 0.5) is 0 Å². The molecule has 2 rings (SSSR count). The smallest absolute Gasteiger partial charge is 0.241 e. The predicted molar refractivity (Wildman–Crippen MR) is 80.5 cm³/mol. The second-order valence-electron chi connectivity index (χ2n) is 5.21. The Morgan fingerprint density at radius 3 is 2.90 bits per heavy atom. The van der Waals surface area contributed by atoms with Gasteiger partial charge in [-0.2, -0.15) is 0 Å². The molecule has 0 aliphatic heterocycles. The molecule has 20 heavy (non-hydrogen) atoms. The molecule has 0 bridgehead atoms. The molecule has 1 aliphatic rings. The van der Waals surface area contributed by atoms with Crippen molar-refractivity contribution in [3.8, 4) is 0 Å². The van der Waals surface area contributed by atoms with Crippen LogP contribution in [0, 0.1) is 0 Å². The van der Waals surface area contributed by atoms with Crippen LogP contribution in [-0.4, -0.2) is 34.2 Å². The van der Waals surface area contributed by atoms with Gasteiger partial charge in [0.25, 0.3) is 0 Å². The minimum Gasteiger partial charge on any atom is -0.385 e. The fourth-order valence-electron chi connectivity index (χ4n) is 1.81. The maximum Gasteiger partial charge on any atom is 0.241 e. The first kappa shape index (κ1) is 15.9. The molecule has 1 aromatic heterocycles. The zero-order valence-electron chi connectivity index (χ0n) is 11.9. The minimum absolute atomic E-state index is 0.132. The first-order chi connectivity index (χ1) is 9.51. The highest BCUT2D eigenvalue weighted by atomic mass is 32.2. The highest BCUT2D eigenvalue weighted by Crippen LogP contribution is 2.23. The molecule has 0 amide bonds. The van der Waals surface area contributed by atoms with E-state index < -0.39 is 10.0 Å². The molecule has 0 saturated heterocycles. The summed E-state index contributed by atoms with van der Waals surface area (Å²) in [7, 11) is -1.80. The van der Waals surface area contributed by atoms with Crippen molar-refractivity contribution in [2.24, 2.45) is 0 Å². The summed E-state index contributed by atoms with van der Waals surface area (Å²) in [6, 6.07) is 2.25. The number of hydrogen-bond donors (Lipinski definition) is 2. The van der Waals surface area contributed by atoms with E-state index in [1.807, 2.05) is 6.92 Å². The molecule has 1 heterocycles. The Labute approximate surface area is 124 Å². The molecule has 0 spiro atoms. The minimum atomic E-state index is -3.41. The summed E-state index contributed by atoms with van der Waals surface area (Å²) in [4.78, 5) is 1.42. The van der Waals surface area contributed by atoms with E-state index in [-0.39, 0.29) is 6.04 Å². The van der Waals surface area contributed by atoms with E-state index >= 15 is 0 Å². The van der Waals surface area contributed by atoms with Crippen LogP contribution in [-0.2, 0) is 21.3 Å². The second kappa shape index (κ2) is 7.00. The van der Waals surface area contributed by atoms with E-state index in [0.29, 0.717) is 24.0 Å². The molecular formula is C13H22N2O3S2. The lowest BCUT2D eigenvalue weighted by Crippen LogP contribution is -2.33.